The third kappa shape index (κ3) is 6.06. The summed E-state index contributed by atoms with van der Waals surface area (Å²) in [7, 11) is 0. The number of furan rings is 2. The fourth-order valence-electron chi connectivity index (χ4n) is 12.4. The SMILES string of the molecule is c1ccc(-c2nc(-c3cccc4oc5ccc(-c6cc(-n7c8ccccc8c8ccccc87)cc7oc8ccccc8c67)cc5c34)nc(-n3c4ccccc4c4ccc5c6ccccc6n(-c6ccccc6)c5c43)n2)cc1. The van der Waals surface area contributed by atoms with E-state index < -0.39 is 0 Å². The van der Waals surface area contributed by atoms with Crippen LogP contribution < -0.4 is 0 Å². The highest BCUT2D eigenvalue weighted by molar-refractivity contribution is 6.24. The highest BCUT2D eigenvalue weighted by Gasteiger charge is 2.26. The summed E-state index contributed by atoms with van der Waals surface area (Å²) >= 11 is 0. The van der Waals surface area contributed by atoms with Crippen molar-refractivity contribution in [2.75, 3.05) is 0 Å². The fourth-order valence-corrected chi connectivity index (χ4v) is 12.4. The molecule has 0 fully saturated rings. The molecule has 358 valence electrons. The zero-order valence-corrected chi connectivity index (χ0v) is 41.1. The van der Waals surface area contributed by atoms with E-state index >= 15 is 0 Å². The van der Waals surface area contributed by atoms with E-state index in [1.807, 2.05) is 36.4 Å². The molecule has 6 heterocycles. The van der Waals surface area contributed by atoms with Crippen LogP contribution in [-0.4, -0.2) is 28.7 Å². The highest BCUT2D eigenvalue weighted by Crippen LogP contribution is 2.45. The van der Waals surface area contributed by atoms with Gasteiger partial charge in [0.15, 0.2) is 11.6 Å². The average molecular weight is 985 g/mol. The minimum atomic E-state index is 0.513. The molecule has 0 saturated carbocycles. The molecule has 17 aromatic rings. The summed E-state index contributed by atoms with van der Waals surface area (Å²) in [6.45, 7) is 0. The van der Waals surface area contributed by atoms with Gasteiger partial charge in [-0.15, -0.1) is 0 Å². The van der Waals surface area contributed by atoms with Gasteiger partial charge in [0.25, 0.3) is 0 Å². The first-order valence-corrected chi connectivity index (χ1v) is 25.9. The van der Waals surface area contributed by atoms with Crippen LogP contribution in [0.1, 0.15) is 0 Å². The Kier molecular flexibility index (Phi) is 8.68. The summed E-state index contributed by atoms with van der Waals surface area (Å²) in [5.74, 6) is 1.61. The highest BCUT2D eigenvalue weighted by atomic mass is 16.3. The lowest BCUT2D eigenvalue weighted by molar-refractivity contribution is 0.668. The van der Waals surface area contributed by atoms with Crippen molar-refractivity contribution in [1.82, 2.24) is 28.7 Å². The second-order valence-electron chi connectivity index (χ2n) is 19.9. The number of para-hydroxylation sites is 6. The van der Waals surface area contributed by atoms with Gasteiger partial charge in [-0.2, -0.15) is 9.97 Å². The monoisotopic (exact) mass is 984 g/mol. The lowest BCUT2D eigenvalue weighted by Gasteiger charge is -2.13. The molecule has 0 spiro atoms. The Hall–Kier alpha value is -10.6. The zero-order chi connectivity index (χ0) is 50.3. The van der Waals surface area contributed by atoms with Crippen LogP contribution in [0.15, 0.2) is 251 Å². The molecule has 8 heteroatoms. The number of fused-ring (bicyclic) bond motifs is 16. The molecule has 0 amide bonds. The smallest absolute Gasteiger partial charge is 0.238 e. The molecule has 0 bridgehead atoms. The van der Waals surface area contributed by atoms with Crippen molar-refractivity contribution in [1.29, 1.82) is 0 Å². The van der Waals surface area contributed by atoms with Crippen LogP contribution in [0, 0.1) is 0 Å². The molecule has 0 radical (unpaired) electrons. The van der Waals surface area contributed by atoms with Gasteiger partial charge < -0.3 is 18.0 Å². The Balaban J connectivity index is 0.933. The molecular weight excluding hydrogens is 945 g/mol. The van der Waals surface area contributed by atoms with Gasteiger partial charge in [0.05, 0.1) is 38.8 Å². The Morgan fingerprint density at radius 2 is 0.792 bits per heavy atom. The van der Waals surface area contributed by atoms with E-state index in [0.29, 0.717) is 17.6 Å². The molecule has 0 unspecified atom stereocenters. The predicted octanol–water partition coefficient (Wildman–Crippen LogP) is 18.0. The lowest BCUT2D eigenvalue weighted by atomic mass is 9.96. The predicted molar refractivity (Wildman–Crippen MR) is 314 cm³/mol. The van der Waals surface area contributed by atoms with E-state index in [0.717, 1.165) is 127 Å². The van der Waals surface area contributed by atoms with Gasteiger partial charge in [0, 0.05) is 76.7 Å². The van der Waals surface area contributed by atoms with Crippen molar-refractivity contribution in [3.63, 3.8) is 0 Å². The van der Waals surface area contributed by atoms with Crippen molar-refractivity contribution in [3.8, 4) is 51.2 Å². The summed E-state index contributed by atoms with van der Waals surface area (Å²) in [5.41, 5.74) is 15.5. The van der Waals surface area contributed by atoms with E-state index in [4.69, 9.17) is 23.8 Å². The van der Waals surface area contributed by atoms with Crippen LogP contribution in [0.3, 0.4) is 0 Å². The summed E-state index contributed by atoms with van der Waals surface area (Å²) in [6, 6.07) is 85.4. The van der Waals surface area contributed by atoms with Gasteiger partial charge in [0.1, 0.15) is 22.3 Å². The molecule has 6 aromatic heterocycles. The van der Waals surface area contributed by atoms with Gasteiger partial charge in [-0.1, -0.05) is 170 Å². The molecule has 77 heavy (non-hydrogen) atoms. The van der Waals surface area contributed by atoms with E-state index in [-0.39, 0.29) is 0 Å². The first-order valence-electron chi connectivity index (χ1n) is 25.9. The molecule has 0 atom stereocenters. The fraction of sp³-hybridized carbons (Fsp3) is 0. The quantitative estimate of drug-likeness (QED) is 0.166. The van der Waals surface area contributed by atoms with Crippen LogP contribution in [0.5, 0.6) is 0 Å². The molecule has 8 nitrogen and oxygen atoms in total. The summed E-state index contributed by atoms with van der Waals surface area (Å²) in [4.78, 5) is 16.4. The number of hydrogen-bond donors (Lipinski definition) is 0. The Labute approximate surface area is 438 Å². The van der Waals surface area contributed by atoms with E-state index in [1.54, 1.807) is 0 Å². The van der Waals surface area contributed by atoms with Crippen molar-refractivity contribution >= 4 is 109 Å². The minimum Gasteiger partial charge on any atom is -0.456 e. The van der Waals surface area contributed by atoms with Gasteiger partial charge in [-0.05, 0) is 77.9 Å². The molecule has 0 N–H and O–H groups in total. The van der Waals surface area contributed by atoms with Crippen molar-refractivity contribution in [2.24, 2.45) is 0 Å². The Morgan fingerprint density at radius 1 is 0.273 bits per heavy atom. The Bertz CT molecular complexity index is 5240. The van der Waals surface area contributed by atoms with Gasteiger partial charge in [-0.3, -0.25) is 4.57 Å². The number of benzene rings is 11. The third-order valence-electron chi connectivity index (χ3n) is 15.7. The Morgan fingerprint density at radius 3 is 1.49 bits per heavy atom. The van der Waals surface area contributed by atoms with Crippen LogP contribution in [0.2, 0.25) is 0 Å². The molecule has 0 aliphatic rings. The maximum Gasteiger partial charge on any atom is 0.238 e. The largest absolute Gasteiger partial charge is 0.456 e. The molecule has 0 aliphatic carbocycles. The molecule has 0 aliphatic heterocycles. The van der Waals surface area contributed by atoms with Gasteiger partial charge in [0.2, 0.25) is 5.95 Å². The van der Waals surface area contributed by atoms with Gasteiger partial charge in [-0.25, -0.2) is 4.98 Å². The zero-order valence-electron chi connectivity index (χ0n) is 41.1. The van der Waals surface area contributed by atoms with Gasteiger partial charge >= 0.3 is 0 Å². The minimum absolute atomic E-state index is 0.513. The van der Waals surface area contributed by atoms with E-state index in [1.165, 1.54) is 16.2 Å². The molecular formula is C69H40N6O2. The molecule has 17 rings (SSSR count). The number of hydrogen-bond acceptors (Lipinski definition) is 5. The number of nitrogens with zero attached hydrogens (tertiary/aromatic N) is 6. The second-order valence-corrected chi connectivity index (χ2v) is 19.9. The summed E-state index contributed by atoms with van der Waals surface area (Å²) < 4.78 is 20.5. The van der Waals surface area contributed by atoms with Crippen molar-refractivity contribution < 1.29 is 8.83 Å². The average Bonchev–Trinajstić information content (AvgIpc) is 4.46. The second kappa shape index (κ2) is 16.0. The van der Waals surface area contributed by atoms with Crippen molar-refractivity contribution in [3.05, 3.63) is 243 Å². The van der Waals surface area contributed by atoms with Crippen LogP contribution in [-0.2, 0) is 0 Å². The first kappa shape index (κ1) is 41.9. The van der Waals surface area contributed by atoms with E-state index in [2.05, 4.69) is 220 Å². The molecule has 0 saturated heterocycles. The topological polar surface area (TPSA) is 79.7 Å². The molecule has 11 aromatic carbocycles. The maximum absolute atomic E-state index is 6.79. The maximum atomic E-state index is 6.79. The number of rotatable bonds is 6. The first-order chi connectivity index (χ1) is 38.2. The van der Waals surface area contributed by atoms with Crippen molar-refractivity contribution in [2.45, 2.75) is 0 Å². The third-order valence-corrected chi connectivity index (χ3v) is 15.7. The summed E-state index contributed by atoms with van der Waals surface area (Å²) in [6.07, 6.45) is 0. The van der Waals surface area contributed by atoms with Crippen LogP contribution in [0.4, 0.5) is 0 Å². The van der Waals surface area contributed by atoms with E-state index in [9.17, 15) is 0 Å². The van der Waals surface area contributed by atoms with Crippen LogP contribution in [0.25, 0.3) is 161 Å². The standard InChI is InChI=1S/C69H40N6O2/c1-3-18-41(19-4-1)67-70-68(72-69(71-67)75-58-31-15-10-25-48(58)50-36-35-49-47-24-9-14-30-57(47)74(65(49)66(50)75)43-20-5-2-6-21-43)52-27-17-33-61-64(52)54-38-42(34-37-60(54)76-61)53-39-44(40-62-63(53)51-26-11-16-32-59(51)77-62)73-55-28-12-7-22-45(55)46-23-8-13-29-56(46)73/h1-40H. The number of aromatic nitrogens is 6. The summed E-state index contributed by atoms with van der Waals surface area (Å²) in [5, 5.41) is 10.9. The normalized spacial score (nSPS) is 12.2. The lowest BCUT2D eigenvalue weighted by Crippen LogP contribution is -2.07. The van der Waals surface area contributed by atoms with Crippen LogP contribution >= 0.6 is 0 Å².